The minimum absolute atomic E-state index is 0.0916. The van der Waals surface area contributed by atoms with Crippen molar-refractivity contribution in [1.29, 1.82) is 0 Å². The minimum atomic E-state index is -0.0916. The van der Waals surface area contributed by atoms with E-state index in [0.717, 1.165) is 22.0 Å². The minimum Gasteiger partial charge on any atom is -0.307 e. The SMILES string of the molecule is CCc1c(C(=O)Nc2ccc(Br)cn2)csc1C. The maximum atomic E-state index is 12.1. The van der Waals surface area contributed by atoms with Crippen LogP contribution >= 0.6 is 27.3 Å². The summed E-state index contributed by atoms with van der Waals surface area (Å²) in [6.45, 7) is 4.10. The lowest BCUT2D eigenvalue weighted by atomic mass is 10.1. The maximum absolute atomic E-state index is 12.1. The van der Waals surface area contributed by atoms with Crippen molar-refractivity contribution < 1.29 is 4.79 Å². The highest BCUT2D eigenvalue weighted by molar-refractivity contribution is 9.10. The molecule has 0 aliphatic carbocycles. The zero-order valence-electron chi connectivity index (χ0n) is 10.2. The number of nitrogens with one attached hydrogen (secondary N) is 1. The molecule has 0 aliphatic rings. The van der Waals surface area contributed by atoms with Gasteiger partial charge in [0.2, 0.25) is 0 Å². The number of aryl methyl sites for hydroxylation is 1. The number of amides is 1. The van der Waals surface area contributed by atoms with Gasteiger partial charge in [0.15, 0.2) is 0 Å². The zero-order valence-corrected chi connectivity index (χ0v) is 12.6. The summed E-state index contributed by atoms with van der Waals surface area (Å²) in [4.78, 5) is 17.5. The van der Waals surface area contributed by atoms with Gasteiger partial charge in [0, 0.05) is 20.9 Å². The van der Waals surface area contributed by atoms with Gasteiger partial charge in [0.1, 0.15) is 5.82 Å². The van der Waals surface area contributed by atoms with Crippen LogP contribution in [-0.4, -0.2) is 10.9 Å². The molecule has 0 atom stereocenters. The summed E-state index contributed by atoms with van der Waals surface area (Å²) < 4.78 is 0.890. The molecule has 18 heavy (non-hydrogen) atoms. The monoisotopic (exact) mass is 324 g/mol. The predicted molar refractivity (Wildman–Crippen MR) is 78.3 cm³/mol. The molecule has 0 saturated heterocycles. The third kappa shape index (κ3) is 2.79. The molecule has 0 fully saturated rings. The van der Waals surface area contributed by atoms with Gasteiger partial charge in [-0.05, 0) is 47.0 Å². The van der Waals surface area contributed by atoms with Crippen molar-refractivity contribution in [1.82, 2.24) is 4.98 Å². The summed E-state index contributed by atoms with van der Waals surface area (Å²) in [5, 5.41) is 4.71. The molecule has 0 aliphatic heterocycles. The van der Waals surface area contributed by atoms with Crippen molar-refractivity contribution in [3.8, 4) is 0 Å². The van der Waals surface area contributed by atoms with E-state index in [1.165, 1.54) is 4.88 Å². The number of hydrogen-bond donors (Lipinski definition) is 1. The van der Waals surface area contributed by atoms with Gasteiger partial charge in [0.25, 0.3) is 5.91 Å². The first-order valence-corrected chi connectivity index (χ1v) is 7.29. The van der Waals surface area contributed by atoms with E-state index in [-0.39, 0.29) is 5.91 Å². The van der Waals surface area contributed by atoms with Gasteiger partial charge >= 0.3 is 0 Å². The molecule has 2 aromatic heterocycles. The lowest BCUT2D eigenvalue weighted by molar-refractivity contribution is 0.102. The lowest BCUT2D eigenvalue weighted by Crippen LogP contribution is -2.13. The predicted octanol–water partition coefficient (Wildman–Crippen LogP) is 4.03. The Morgan fingerprint density at radius 1 is 1.50 bits per heavy atom. The van der Waals surface area contributed by atoms with E-state index < -0.39 is 0 Å². The number of pyridine rings is 1. The highest BCUT2D eigenvalue weighted by Gasteiger charge is 2.14. The molecule has 5 heteroatoms. The number of anilines is 1. The van der Waals surface area contributed by atoms with Crippen LogP contribution in [0.1, 0.15) is 27.7 Å². The molecule has 2 aromatic rings. The fraction of sp³-hybridized carbons (Fsp3) is 0.231. The topological polar surface area (TPSA) is 42.0 Å². The summed E-state index contributed by atoms with van der Waals surface area (Å²) in [5.74, 6) is 0.472. The van der Waals surface area contributed by atoms with E-state index in [0.29, 0.717) is 5.82 Å². The first kappa shape index (κ1) is 13.2. The van der Waals surface area contributed by atoms with Crippen LogP contribution in [0.25, 0.3) is 0 Å². The van der Waals surface area contributed by atoms with E-state index in [2.05, 4.69) is 33.2 Å². The van der Waals surface area contributed by atoms with Crippen LogP contribution < -0.4 is 5.32 Å². The second kappa shape index (κ2) is 5.63. The third-order valence-corrected chi connectivity index (χ3v) is 4.09. The Morgan fingerprint density at radius 2 is 2.28 bits per heavy atom. The van der Waals surface area contributed by atoms with Crippen LogP contribution in [0.15, 0.2) is 28.2 Å². The Bertz CT molecular complexity index is 563. The number of nitrogens with zero attached hydrogens (tertiary/aromatic N) is 1. The number of carbonyl (C=O) groups excluding carboxylic acids is 1. The molecule has 0 aromatic carbocycles. The second-order valence-electron chi connectivity index (χ2n) is 3.85. The van der Waals surface area contributed by atoms with E-state index in [1.54, 1.807) is 23.6 Å². The number of thiophene rings is 1. The van der Waals surface area contributed by atoms with Crippen molar-refractivity contribution in [2.24, 2.45) is 0 Å². The smallest absolute Gasteiger partial charge is 0.257 e. The number of halogens is 1. The van der Waals surface area contributed by atoms with Crippen molar-refractivity contribution in [3.63, 3.8) is 0 Å². The maximum Gasteiger partial charge on any atom is 0.257 e. The molecule has 1 N–H and O–H groups in total. The van der Waals surface area contributed by atoms with Gasteiger partial charge < -0.3 is 5.32 Å². The molecule has 0 spiro atoms. The number of hydrogen-bond acceptors (Lipinski definition) is 3. The number of carbonyl (C=O) groups is 1. The van der Waals surface area contributed by atoms with Gasteiger partial charge in [-0.3, -0.25) is 4.79 Å². The highest BCUT2D eigenvalue weighted by Crippen LogP contribution is 2.23. The molecule has 1 amide bonds. The van der Waals surface area contributed by atoms with Crippen LogP contribution in [0.2, 0.25) is 0 Å². The number of aromatic nitrogens is 1. The zero-order chi connectivity index (χ0) is 13.1. The Kier molecular flexibility index (Phi) is 4.14. The van der Waals surface area contributed by atoms with Gasteiger partial charge in [-0.25, -0.2) is 4.98 Å². The van der Waals surface area contributed by atoms with E-state index >= 15 is 0 Å². The summed E-state index contributed by atoms with van der Waals surface area (Å²) >= 11 is 4.92. The van der Waals surface area contributed by atoms with Gasteiger partial charge in [-0.2, -0.15) is 0 Å². The van der Waals surface area contributed by atoms with E-state index in [4.69, 9.17) is 0 Å². The van der Waals surface area contributed by atoms with Crippen LogP contribution in [0, 0.1) is 6.92 Å². The first-order valence-electron chi connectivity index (χ1n) is 5.61. The molecule has 94 valence electrons. The average molecular weight is 325 g/mol. The summed E-state index contributed by atoms with van der Waals surface area (Å²) in [6.07, 6.45) is 2.53. The Labute approximate surface area is 118 Å². The van der Waals surface area contributed by atoms with Crippen molar-refractivity contribution in [3.05, 3.63) is 44.2 Å². The molecule has 2 rings (SSSR count). The molecule has 2 heterocycles. The lowest BCUT2D eigenvalue weighted by Gasteiger charge is -2.05. The van der Waals surface area contributed by atoms with E-state index in [9.17, 15) is 4.79 Å². The van der Waals surface area contributed by atoms with Crippen LogP contribution in [0.4, 0.5) is 5.82 Å². The average Bonchev–Trinajstić information content (AvgIpc) is 2.73. The Morgan fingerprint density at radius 3 is 2.89 bits per heavy atom. The fourth-order valence-corrected chi connectivity index (χ4v) is 2.92. The molecular formula is C13H13BrN2OS. The Balaban J connectivity index is 2.19. The first-order chi connectivity index (χ1) is 8.61. The molecular weight excluding hydrogens is 312 g/mol. The largest absolute Gasteiger partial charge is 0.307 e. The van der Waals surface area contributed by atoms with Gasteiger partial charge in [-0.15, -0.1) is 11.3 Å². The second-order valence-corrected chi connectivity index (χ2v) is 5.85. The van der Waals surface area contributed by atoms with Gasteiger partial charge in [0.05, 0.1) is 5.56 Å². The molecule has 0 saturated carbocycles. The standard InChI is InChI=1S/C13H13BrN2OS/c1-3-10-8(2)18-7-11(10)13(17)16-12-5-4-9(14)6-15-12/h4-7H,3H2,1-2H3,(H,15,16,17). The number of rotatable bonds is 3. The van der Waals surface area contributed by atoms with E-state index in [1.807, 2.05) is 18.4 Å². The van der Waals surface area contributed by atoms with Gasteiger partial charge in [-0.1, -0.05) is 6.92 Å². The van der Waals surface area contributed by atoms with Crippen molar-refractivity contribution >= 4 is 39.0 Å². The molecule has 0 unspecified atom stereocenters. The summed E-state index contributed by atoms with van der Waals surface area (Å²) in [6, 6.07) is 3.62. The fourth-order valence-electron chi connectivity index (χ4n) is 1.74. The molecule has 3 nitrogen and oxygen atoms in total. The summed E-state index contributed by atoms with van der Waals surface area (Å²) in [5.41, 5.74) is 1.87. The van der Waals surface area contributed by atoms with Crippen LogP contribution in [0.3, 0.4) is 0 Å². The Hall–Kier alpha value is -1.20. The summed E-state index contributed by atoms with van der Waals surface area (Å²) in [7, 11) is 0. The normalized spacial score (nSPS) is 10.4. The molecule has 0 radical (unpaired) electrons. The highest BCUT2D eigenvalue weighted by atomic mass is 79.9. The third-order valence-electron chi connectivity index (χ3n) is 2.67. The van der Waals surface area contributed by atoms with Crippen LogP contribution in [-0.2, 0) is 6.42 Å². The quantitative estimate of drug-likeness (QED) is 0.926. The van der Waals surface area contributed by atoms with Crippen LogP contribution in [0.5, 0.6) is 0 Å². The molecule has 0 bridgehead atoms. The van der Waals surface area contributed by atoms with Crippen molar-refractivity contribution in [2.75, 3.05) is 5.32 Å². The van der Waals surface area contributed by atoms with Crippen molar-refractivity contribution in [2.45, 2.75) is 20.3 Å².